The molecule has 0 spiro atoms. The van der Waals surface area contributed by atoms with Gasteiger partial charge in [0.25, 0.3) is 0 Å². The van der Waals surface area contributed by atoms with E-state index in [1.54, 1.807) is 6.20 Å². The molecule has 2 aliphatic carbocycles. The van der Waals surface area contributed by atoms with Crippen LogP contribution in [0.25, 0.3) is 0 Å². The number of carbonyl (C=O) groups excluding carboxylic acids is 1. The predicted molar refractivity (Wildman–Crippen MR) is 80.8 cm³/mol. The number of aromatic nitrogens is 2. The third kappa shape index (κ3) is 3.41. The summed E-state index contributed by atoms with van der Waals surface area (Å²) in [7, 11) is 0. The number of nitriles is 1. The van der Waals surface area contributed by atoms with Crippen LogP contribution in [0.4, 0.5) is 0 Å². The summed E-state index contributed by atoms with van der Waals surface area (Å²) in [4.78, 5) is 16.5. The van der Waals surface area contributed by atoms with Crippen molar-refractivity contribution in [3.05, 3.63) is 12.4 Å². The molecule has 0 saturated heterocycles. The molecule has 5 nitrogen and oxygen atoms in total. The van der Waals surface area contributed by atoms with Crippen LogP contribution in [0.5, 0.6) is 0 Å². The van der Waals surface area contributed by atoms with Gasteiger partial charge in [0.15, 0.2) is 5.16 Å². The Labute approximate surface area is 129 Å². The van der Waals surface area contributed by atoms with E-state index < -0.39 is 5.54 Å². The molecular formula is C15H20N4OS. The lowest BCUT2D eigenvalue weighted by molar-refractivity contribution is -0.120. The molecule has 3 rings (SSSR count). The average molecular weight is 304 g/mol. The zero-order chi connectivity index (χ0) is 14.7. The fraction of sp³-hybridized carbons (Fsp3) is 0.667. The van der Waals surface area contributed by atoms with E-state index in [-0.39, 0.29) is 5.91 Å². The second kappa shape index (κ2) is 6.10. The summed E-state index contributed by atoms with van der Waals surface area (Å²) >= 11 is 1.46. The molecule has 1 N–H and O–H groups in total. The first-order valence-corrected chi connectivity index (χ1v) is 8.59. The third-order valence-corrected chi connectivity index (χ3v) is 5.19. The zero-order valence-corrected chi connectivity index (χ0v) is 12.9. The van der Waals surface area contributed by atoms with Gasteiger partial charge in [-0.2, -0.15) is 5.26 Å². The summed E-state index contributed by atoms with van der Waals surface area (Å²) in [6, 6.07) is 2.89. The number of nitrogens with zero attached hydrogens (tertiary/aromatic N) is 3. The first-order valence-electron chi connectivity index (χ1n) is 7.60. The summed E-state index contributed by atoms with van der Waals surface area (Å²) < 4.78 is 2.15. The number of nitrogens with one attached hydrogen (secondary N) is 1. The lowest BCUT2D eigenvalue weighted by Gasteiger charge is -2.31. The van der Waals surface area contributed by atoms with Crippen molar-refractivity contribution in [1.29, 1.82) is 5.26 Å². The van der Waals surface area contributed by atoms with E-state index >= 15 is 0 Å². The highest BCUT2D eigenvalue weighted by molar-refractivity contribution is 7.99. The van der Waals surface area contributed by atoms with Crippen LogP contribution in [0.15, 0.2) is 17.6 Å². The topological polar surface area (TPSA) is 70.7 Å². The summed E-state index contributed by atoms with van der Waals surface area (Å²) in [5, 5.41) is 13.2. The standard InChI is InChI=1S/C15H20N4OS/c16-11-15(6-2-1-3-7-15)18-13(20)10-21-14-17-8-9-19(14)12-4-5-12/h8-9,12H,1-7,10H2,(H,18,20). The van der Waals surface area contributed by atoms with Gasteiger partial charge in [0.05, 0.1) is 11.8 Å². The van der Waals surface area contributed by atoms with Crippen molar-refractivity contribution in [2.45, 2.75) is 61.7 Å². The zero-order valence-electron chi connectivity index (χ0n) is 12.0. The maximum atomic E-state index is 12.1. The highest BCUT2D eigenvalue weighted by Gasteiger charge is 2.33. The van der Waals surface area contributed by atoms with Crippen molar-refractivity contribution < 1.29 is 4.79 Å². The Hall–Kier alpha value is -1.48. The summed E-state index contributed by atoms with van der Waals surface area (Å²) in [5.74, 6) is 0.265. The molecule has 1 amide bonds. The van der Waals surface area contributed by atoms with Gasteiger partial charge in [0.1, 0.15) is 5.54 Å². The van der Waals surface area contributed by atoms with Gasteiger partial charge in [-0.25, -0.2) is 4.98 Å². The minimum atomic E-state index is -0.637. The highest BCUT2D eigenvalue weighted by atomic mass is 32.2. The van der Waals surface area contributed by atoms with Crippen LogP contribution < -0.4 is 5.32 Å². The van der Waals surface area contributed by atoms with E-state index in [1.165, 1.54) is 24.6 Å². The second-order valence-corrected chi connectivity index (χ2v) is 6.88. The Kier molecular flexibility index (Phi) is 4.20. The fourth-order valence-electron chi connectivity index (χ4n) is 2.89. The SMILES string of the molecule is N#CC1(NC(=O)CSc2nccn2C2CC2)CCCCC1. The van der Waals surface area contributed by atoms with Crippen molar-refractivity contribution in [3.63, 3.8) is 0 Å². The molecule has 21 heavy (non-hydrogen) atoms. The highest BCUT2D eigenvalue weighted by Crippen LogP contribution is 2.37. The molecule has 0 aromatic carbocycles. The first-order chi connectivity index (χ1) is 10.2. The van der Waals surface area contributed by atoms with Crippen LogP contribution in [0.3, 0.4) is 0 Å². The molecular weight excluding hydrogens is 284 g/mol. The quantitative estimate of drug-likeness (QED) is 0.849. The second-order valence-electron chi connectivity index (χ2n) is 5.94. The van der Waals surface area contributed by atoms with Gasteiger partial charge in [-0.3, -0.25) is 4.79 Å². The molecule has 0 radical (unpaired) electrons. The van der Waals surface area contributed by atoms with Crippen molar-refractivity contribution >= 4 is 17.7 Å². The number of hydrogen-bond donors (Lipinski definition) is 1. The minimum absolute atomic E-state index is 0.0613. The van der Waals surface area contributed by atoms with Gasteiger partial charge >= 0.3 is 0 Å². The predicted octanol–water partition coefficient (Wildman–Crippen LogP) is 2.65. The minimum Gasteiger partial charge on any atom is -0.337 e. The van der Waals surface area contributed by atoms with E-state index in [2.05, 4.69) is 20.9 Å². The first kappa shape index (κ1) is 14.5. The molecule has 1 aromatic rings. The molecule has 112 valence electrons. The molecule has 6 heteroatoms. The third-order valence-electron chi connectivity index (χ3n) is 4.21. The molecule has 2 aliphatic rings. The Morgan fingerprint density at radius 3 is 2.90 bits per heavy atom. The van der Waals surface area contributed by atoms with Crippen LogP contribution in [-0.2, 0) is 4.79 Å². The van der Waals surface area contributed by atoms with Gasteiger partial charge in [-0.05, 0) is 25.7 Å². The number of amides is 1. The Morgan fingerprint density at radius 1 is 1.48 bits per heavy atom. The van der Waals surface area contributed by atoms with E-state index in [1.807, 2.05) is 6.20 Å². The summed E-state index contributed by atoms with van der Waals surface area (Å²) in [6.07, 6.45) is 10.9. The number of hydrogen-bond acceptors (Lipinski definition) is 4. The van der Waals surface area contributed by atoms with E-state index in [4.69, 9.17) is 0 Å². The maximum Gasteiger partial charge on any atom is 0.231 e. The van der Waals surface area contributed by atoms with Gasteiger partial charge in [-0.15, -0.1) is 0 Å². The molecule has 2 saturated carbocycles. The number of carbonyl (C=O) groups is 1. The molecule has 2 fully saturated rings. The number of rotatable bonds is 5. The smallest absolute Gasteiger partial charge is 0.231 e. The summed E-state index contributed by atoms with van der Waals surface area (Å²) in [6.45, 7) is 0. The number of thioether (sulfide) groups is 1. The lowest BCUT2D eigenvalue weighted by Crippen LogP contribution is -2.49. The van der Waals surface area contributed by atoms with Crippen molar-refractivity contribution in [2.24, 2.45) is 0 Å². The van der Waals surface area contributed by atoms with Crippen molar-refractivity contribution in [3.8, 4) is 6.07 Å². The van der Waals surface area contributed by atoms with Crippen LogP contribution in [-0.4, -0.2) is 26.8 Å². The fourth-order valence-corrected chi connectivity index (χ4v) is 3.72. The van der Waals surface area contributed by atoms with Gasteiger partial charge in [0.2, 0.25) is 5.91 Å². The average Bonchev–Trinajstić information content (AvgIpc) is 3.24. The van der Waals surface area contributed by atoms with Crippen LogP contribution in [0.1, 0.15) is 51.0 Å². The largest absolute Gasteiger partial charge is 0.337 e. The molecule has 0 unspecified atom stereocenters. The Morgan fingerprint density at radius 2 is 2.24 bits per heavy atom. The Balaban J connectivity index is 1.54. The van der Waals surface area contributed by atoms with E-state index in [0.29, 0.717) is 11.8 Å². The van der Waals surface area contributed by atoms with Crippen LogP contribution in [0.2, 0.25) is 0 Å². The molecule has 0 bridgehead atoms. The van der Waals surface area contributed by atoms with E-state index in [0.717, 1.165) is 37.3 Å². The molecule has 0 atom stereocenters. The van der Waals surface area contributed by atoms with E-state index in [9.17, 15) is 10.1 Å². The normalized spacial score (nSPS) is 20.7. The van der Waals surface area contributed by atoms with Crippen LogP contribution >= 0.6 is 11.8 Å². The monoisotopic (exact) mass is 304 g/mol. The lowest BCUT2D eigenvalue weighted by atomic mass is 9.83. The van der Waals surface area contributed by atoms with Gasteiger partial charge < -0.3 is 9.88 Å². The summed E-state index contributed by atoms with van der Waals surface area (Å²) in [5.41, 5.74) is -0.637. The van der Waals surface area contributed by atoms with Crippen molar-refractivity contribution in [2.75, 3.05) is 5.75 Å². The number of imidazole rings is 1. The van der Waals surface area contributed by atoms with Crippen LogP contribution in [0, 0.1) is 11.3 Å². The molecule has 1 heterocycles. The van der Waals surface area contributed by atoms with Crippen molar-refractivity contribution in [1.82, 2.24) is 14.9 Å². The van der Waals surface area contributed by atoms with Gasteiger partial charge in [-0.1, -0.05) is 31.0 Å². The molecule has 0 aliphatic heterocycles. The molecule has 1 aromatic heterocycles. The Bertz CT molecular complexity index is 552. The van der Waals surface area contributed by atoms with Gasteiger partial charge in [0, 0.05) is 18.4 Å². The maximum absolute atomic E-state index is 12.1.